The number of hydrogen-bond donors (Lipinski definition) is 1. The maximum atomic E-state index is 12.2. The highest BCUT2D eigenvalue weighted by Crippen LogP contribution is 2.32. The van der Waals surface area contributed by atoms with E-state index >= 15 is 0 Å². The predicted octanol–water partition coefficient (Wildman–Crippen LogP) is 5.06. The number of amides is 1. The number of rotatable bonds is 4. The van der Waals surface area contributed by atoms with Gasteiger partial charge in [-0.2, -0.15) is 0 Å². The van der Waals surface area contributed by atoms with Gasteiger partial charge in [0.25, 0.3) is 0 Å². The first-order chi connectivity index (χ1) is 14.1. The van der Waals surface area contributed by atoms with Gasteiger partial charge in [-0.1, -0.05) is 23.2 Å². The van der Waals surface area contributed by atoms with E-state index in [1.807, 2.05) is 26.8 Å². The van der Waals surface area contributed by atoms with Crippen LogP contribution >= 0.6 is 23.2 Å². The Kier molecular flexibility index (Phi) is 6.93. The summed E-state index contributed by atoms with van der Waals surface area (Å²) in [6.07, 6.45) is 4.47. The van der Waals surface area contributed by atoms with Crippen LogP contribution in [0.4, 0.5) is 10.5 Å². The molecule has 1 aliphatic rings. The molecular weight excluding hydrogens is 427 g/mol. The van der Waals surface area contributed by atoms with E-state index in [0.717, 1.165) is 18.5 Å². The SMILES string of the molecule is CC(C)(C)OC(=O)N1CCC(c2cc(N)c(OCc3c(Cl)ccnc3Cl)cn2)CC1. The van der Waals surface area contributed by atoms with Crippen LogP contribution in [0, 0.1) is 0 Å². The molecule has 2 aromatic heterocycles. The number of piperidine rings is 1. The molecular formula is C21H26Cl2N4O3. The Hall–Kier alpha value is -2.25. The first kappa shape index (κ1) is 22.4. The van der Waals surface area contributed by atoms with Gasteiger partial charge in [0.05, 0.1) is 16.9 Å². The van der Waals surface area contributed by atoms with Crippen molar-refractivity contribution < 1.29 is 14.3 Å². The molecule has 3 heterocycles. The molecule has 9 heteroatoms. The molecule has 7 nitrogen and oxygen atoms in total. The maximum absolute atomic E-state index is 12.2. The molecule has 2 aromatic rings. The molecule has 1 aliphatic heterocycles. The second-order valence-corrected chi connectivity index (χ2v) is 9.00. The molecule has 0 bridgehead atoms. The Bertz CT molecular complexity index is 889. The second-order valence-electron chi connectivity index (χ2n) is 8.24. The van der Waals surface area contributed by atoms with Crippen LogP contribution in [0.3, 0.4) is 0 Å². The third-order valence-electron chi connectivity index (χ3n) is 4.80. The number of anilines is 1. The highest BCUT2D eigenvalue weighted by molar-refractivity contribution is 6.35. The van der Waals surface area contributed by atoms with Gasteiger partial charge in [0.1, 0.15) is 17.4 Å². The number of nitrogens with zero attached hydrogens (tertiary/aromatic N) is 3. The lowest BCUT2D eigenvalue weighted by Gasteiger charge is -2.33. The van der Waals surface area contributed by atoms with Crippen molar-refractivity contribution in [1.29, 1.82) is 0 Å². The van der Waals surface area contributed by atoms with Crippen LogP contribution in [0.5, 0.6) is 5.75 Å². The molecule has 1 amide bonds. The molecule has 1 fully saturated rings. The molecule has 0 unspecified atom stereocenters. The highest BCUT2D eigenvalue weighted by atomic mass is 35.5. The predicted molar refractivity (Wildman–Crippen MR) is 117 cm³/mol. The first-order valence-corrected chi connectivity index (χ1v) is 10.5. The third-order valence-corrected chi connectivity index (χ3v) is 5.48. The normalized spacial score (nSPS) is 15.2. The zero-order chi connectivity index (χ0) is 21.9. The highest BCUT2D eigenvalue weighted by Gasteiger charge is 2.28. The molecule has 30 heavy (non-hydrogen) atoms. The maximum Gasteiger partial charge on any atom is 0.410 e. The second kappa shape index (κ2) is 9.27. The fourth-order valence-electron chi connectivity index (χ4n) is 3.23. The fourth-order valence-corrected chi connectivity index (χ4v) is 3.69. The fraction of sp³-hybridized carbons (Fsp3) is 0.476. The molecule has 0 aromatic carbocycles. The Morgan fingerprint density at radius 3 is 2.57 bits per heavy atom. The van der Waals surface area contributed by atoms with E-state index in [1.54, 1.807) is 17.2 Å². The van der Waals surface area contributed by atoms with E-state index in [0.29, 0.717) is 40.3 Å². The number of nitrogen functional groups attached to an aromatic ring is 1. The topological polar surface area (TPSA) is 90.6 Å². The Balaban J connectivity index is 1.59. The zero-order valence-corrected chi connectivity index (χ0v) is 18.8. The number of aromatic nitrogens is 2. The van der Waals surface area contributed by atoms with Gasteiger partial charge in [-0.15, -0.1) is 0 Å². The minimum atomic E-state index is -0.496. The van der Waals surface area contributed by atoms with E-state index in [2.05, 4.69) is 9.97 Å². The Labute approximate surface area is 186 Å². The summed E-state index contributed by atoms with van der Waals surface area (Å²) in [6.45, 7) is 6.98. The van der Waals surface area contributed by atoms with Gasteiger partial charge in [-0.05, 0) is 45.7 Å². The molecule has 0 atom stereocenters. The van der Waals surface area contributed by atoms with E-state index in [1.165, 1.54) is 6.20 Å². The van der Waals surface area contributed by atoms with Crippen molar-refractivity contribution in [3.8, 4) is 5.75 Å². The summed E-state index contributed by atoms with van der Waals surface area (Å²) < 4.78 is 11.2. The Morgan fingerprint density at radius 2 is 1.97 bits per heavy atom. The van der Waals surface area contributed by atoms with Crippen molar-refractivity contribution in [1.82, 2.24) is 14.9 Å². The standard InChI is InChI=1S/C21H26Cl2N4O3/c1-21(2,3)30-20(28)27-8-5-13(6-9-27)17-10-16(24)18(11-26-17)29-12-14-15(22)4-7-25-19(14)23/h4,7,10-11,13H,5-6,8-9,12H2,1-3H3,(H2,24,26). The lowest BCUT2D eigenvalue weighted by atomic mass is 9.93. The van der Waals surface area contributed by atoms with Crippen LogP contribution in [0.15, 0.2) is 24.5 Å². The summed E-state index contributed by atoms with van der Waals surface area (Å²) in [6, 6.07) is 3.48. The molecule has 3 rings (SSSR count). The van der Waals surface area contributed by atoms with Crippen molar-refractivity contribution in [2.24, 2.45) is 0 Å². The average Bonchev–Trinajstić information content (AvgIpc) is 2.67. The van der Waals surface area contributed by atoms with Crippen molar-refractivity contribution in [2.75, 3.05) is 18.8 Å². The van der Waals surface area contributed by atoms with E-state index in [9.17, 15) is 4.79 Å². The first-order valence-electron chi connectivity index (χ1n) is 9.79. The monoisotopic (exact) mass is 452 g/mol. The smallest absolute Gasteiger partial charge is 0.410 e. The van der Waals surface area contributed by atoms with Crippen molar-refractivity contribution in [2.45, 2.75) is 51.7 Å². The van der Waals surface area contributed by atoms with Crippen LogP contribution < -0.4 is 10.5 Å². The summed E-state index contributed by atoms with van der Waals surface area (Å²) in [5, 5.41) is 0.775. The van der Waals surface area contributed by atoms with Gasteiger partial charge in [0, 0.05) is 36.5 Å². The number of likely N-dealkylation sites (tertiary alicyclic amines) is 1. The van der Waals surface area contributed by atoms with Crippen LogP contribution in [0.25, 0.3) is 0 Å². The summed E-state index contributed by atoms with van der Waals surface area (Å²) in [7, 11) is 0. The zero-order valence-electron chi connectivity index (χ0n) is 17.3. The summed E-state index contributed by atoms with van der Waals surface area (Å²) in [4.78, 5) is 22.5. The minimum absolute atomic E-state index is 0.144. The lowest BCUT2D eigenvalue weighted by Crippen LogP contribution is -2.41. The third kappa shape index (κ3) is 5.67. The summed E-state index contributed by atoms with van der Waals surface area (Å²) >= 11 is 12.2. The van der Waals surface area contributed by atoms with Gasteiger partial charge < -0.3 is 20.1 Å². The Morgan fingerprint density at radius 1 is 1.27 bits per heavy atom. The lowest BCUT2D eigenvalue weighted by molar-refractivity contribution is 0.0204. The van der Waals surface area contributed by atoms with Crippen molar-refractivity contribution >= 4 is 35.0 Å². The van der Waals surface area contributed by atoms with E-state index in [-0.39, 0.29) is 18.6 Å². The van der Waals surface area contributed by atoms with Crippen LogP contribution in [0.2, 0.25) is 10.2 Å². The summed E-state index contributed by atoms with van der Waals surface area (Å²) in [5.41, 5.74) is 7.66. The molecule has 0 spiro atoms. The largest absolute Gasteiger partial charge is 0.485 e. The number of hydrogen-bond acceptors (Lipinski definition) is 6. The molecule has 0 aliphatic carbocycles. The van der Waals surface area contributed by atoms with Crippen LogP contribution in [0.1, 0.15) is 50.8 Å². The number of nitrogens with two attached hydrogens (primary N) is 1. The molecule has 2 N–H and O–H groups in total. The van der Waals surface area contributed by atoms with Crippen LogP contribution in [-0.4, -0.2) is 39.7 Å². The van der Waals surface area contributed by atoms with Gasteiger partial charge in [0.2, 0.25) is 0 Å². The molecule has 0 saturated carbocycles. The molecule has 0 radical (unpaired) electrons. The number of carbonyl (C=O) groups excluding carboxylic acids is 1. The number of ether oxygens (including phenoxy) is 2. The quantitative estimate of drug-likeness (QED) is 0.651. The number of carbonyl (C=O) groups is 1. The number of pyridine rings is 2. The van der Waals surface area contributed by atoms with Crippen molar-refractivity contribution in [3.05, 3.63) is 46.0 Å². The summed E-state index contributed by atoms with van der Waals surface area (Å²) in [5.74, 6) is 0.683. The number of halogens is 2. The van der Waals surface area contributed by atoms with E-state index < -0.39 is 5.60 Å². The van der Waals surface area contributed by atoms with Gasteiger partial charge >= 0.3 is 6.09 Å². The minimum Gasteiger partial charge on any atom is -0.485 e. The van der Waals surface area contributed by atoms with E-state index in [4.69, 9.17) is 38.4 Å². The van der Waals surface area contributed by atoms with Gasteiger partial charge in [-0.25, -0.2) is 9.78 Å². The molecule has 162 valence electrons. The van der Waals surface area contributed by atoms with Gasteiger partial charge in [0.15, 0.2) is 5.75 Å². The van der Waals surface area contributed by atoms with Crippen molar-refractivity contribution in [3.63, 3.8) is 0 Å². The average molecular weight is 453 g/mol. The molecule has 1 saturated heterocycles. The van der Waals surface area contributed by atoms with Crippen LogP contribution in [-0.2, 0) is 11.3 Å². The van der Waals surface area contributed by atoms with Gasteiger partial charge in [-0.3, -0.25) is 4.98 Å².